The monoisotopic (exact) mass is 297 g/mol. The van der Waals surface area contributed by atoms with Gasteiger partial charge in [-0.3, -0.25) is 0 Å². The van der Waals surface area contributed by atoms with E-state index in [1.54, 1.807) is 6.26 Å². The fraction of sp³-hybridized carbons (Fsp3) is 0.333. The summed E-state index contributed by atoms with van der Waals surface area (Å²) < 4.78 is 5.35. The summed E-state index contributed by atoms with van der Waals surface area (Å²) in [5.41, 5.74) is 1.19. The normalized spacial score (nSPS) is 12.6. The summed E-state index contributed by atoms with van der Waals surface area (Å²) in [6, 6.07) is 10.1. The fourth-order valence-electron chi connectivity index (χ4n) is 2.07. The molecule has 0 fully saturated rings. The lowest BCUT2D eigenvalue weighted by Gasteiger charge is -2.16. The van der Waals surface area contributed by atoms with Crippen LogP contribution in [0.15, 0.2) is 41.0 Å². The summed E-state index contributed by atoms with van der Waals surface area (Å²) in [5.74, 6) is 1.02. The Kier molecular flexibility index (Phi) is 5.32. The Morgan fingerprint density at radius 1 is 1.21 bits per heavy atom. The second-order valence-electron chi connectivity index (χ2n) is 4.56. The lowest BCUT2D eigenvalue weighted by atomic mass is 10.0. The summed E-state index contributed by atoms with van der Waals surface area (Å²) in [4.78, 5) is 0. The average molecular weight is 298 g/mol. The third kappa shape index (κ3) is 4.27. The topological polar surface area (TPSA) is 25.2 Å². The van der Waals surface area contributed by atoms with Crippen molar-refractivity contribution in [2.24, 2.45) is 0 Å². The summed E-state index contributed by atoms with van der Waals surface area (Å²) in [5, 5.41) is 4.54. The van der Waals surface area contributed by atoms with E-state index >= 15 is 0 Å². The smallest absolute Gasteiger partial charge is 0.103 e. The molecule has 2 nitrogen and oxygen atoms in total. The third-order valence-corrected chi connectivity index (χ3v) is 3.93. The Morgan fingerprint density at radius 2 is 2.05 bits per heavy atom. The van der Waals surface area contributed by atoms with Gasteiger partial charge in [-0.15, -0.1) is 0 Å². The second kappa shape index (κ2) is 6.99. The van der Waals surface area contributed by atoms with Crippen LogP contribution in [0.3, 0.4) is 0 Å². The fourth-order valence-corrected chi connectivity index (χ4v) is 2.39. The largest absolute Gasteiger partial charge is 0.469 e. The van der Waals surface area contributed by atoms with Crippen LogP contribution >= 0.6 is 23.2 Å². The van der Waals surface area contributed by atoms with Crippen LogP contribution in [0.5, 0.6) is 0 Å². The molecule has 4 heteroatoms. The molecule has 1 heterocycles. The maximum atomic E-state index is 6.03. The maximum absolute atomic E-state index is 6.03. The predicted molar refractivity (Wildman–Crippen MR) is 80.0 cm³/mol. The molecule has 0 bridgehead atoms. The average Bonchev–Trinajstić information content (AvgIpc) is 2.92. The van der Waals surface area contributed by atoms with E-state index in [1.165, 1.54) is 5.56 Å². The molecule has 0 amide bonds. The van der Waals surface area contributed by atoms with Crippen LogP contribution in [0, 0.1) is 0 Å². The van der Waals surface area contributed by atoms with Crippen LogP contribution in [0.1, 0.15) is 17.7 Å². The van der Waals surface area contributed by atoms with Gasteiger partial charge in [0, 0.05) is 12.5 Å². The Hall–Kier alpha value is -0.960. The first-order valence-corrected chi connectivity index (χ1v) is 7.08. The van der Waals surface area contributed by atoms with E-state index in [0.29, 0.717) is 16.1 Å². The Balaban J connectivity index is 1.92. The zero-order valence-corrected chi connectivity index (χ0v) is 12.3. The van der Waals surface area contributed by atoms with Crippen molar-refractivity contribution in [3.05, 3.63) is 58.0 Å². The first-order chi connectivity index (χ1) is 9.19. The molecule has 0 aliphatic carbocycles. The molecular formula is C15H17Cl2NO. The molecule has 0 saturated carbocycles. The van der Waals surface area contributed by atoms with Gasteiger partial charge >= 0.3 is 0 Å². The predicted octanol–water partition coefficient (Wildman–Crippen LogP) is 4.35. The molecule has 0 aliphatic rings. The van der Waals surface area contributed by atoms with Crippen LogP contribution in [0.4, 0.5) is 0 Å². The van der Waals surface area contributed by atoms with Gasteiger partial charge in [0.25, 0.3) is 0 Å². The minimum Gasteiger partial charge on any atom is -0.469 e. The van der Waals surface area contributed by atoms with Crippen molar-refractivity contribution < 1.29 is 4.42 Å². The number of benzene rings is 1. The van der Waals surface area contributed by atoms with Gasteiger partial charge in [0.15, 0.2) is 0 Å². The highest BCUT2D eigenvalue weighted by Gasteiger charge is 2.09. The number of hydrogen-bond acceptors (Lipinski definition) is 2. The summed E-state index contributed by atoms with van der Waals surface area (Å²) in [7, 11) is 1.98. The van der Waals surface area contributed by atoms with Crippen molar-refractivity contribution in [1.29, 1.82) is 0 Å². The molecule has 0 radical (unpaired) electrons. The first kappa shape index (κ1) is 14.4. The quantitative estimate of drug-likeness (QED) is 0.857. The Labute approximate surface area is 123 Å². The van der Waals surface area contributed by atoms with E-state index < -0.39 is 0 Å². The lowest BCUT2D eigenvalue weighted by Crippen LogP contribution is -2.28. The van der Waals surface area contributed by atoms with E-state index in [4.69, 9.17) is 27.6 Å². The van der Waals surface area contributed by atoms with Crippen molar-refractivity contribution in [3.63, 3.8) is 0 Å². The van der Waals surface area contributed by atoms with Gasteiger partial charge in [0.05, 0.1) is 16.3 Å². The minimum absolute atomic E-state index is 0.391. The summed E-state index contributed by atoms with van der Waals surface area (Å²) >= 11 is 12.0. The van der Waals surface area contributed by atoms with Gasteiger partial charge in [0.1, 0.15) is 5.76 Å². The lowest BCUT2D eigenvalue weighted by molar-refractivity contribution is 0.460. The van der Waals surface area contributed by atoms with E-state index in [9.17, 15) is 0 Å². The van der Waals surface area contributed by atoms with E-state index in [0.717, 1.165) is 25.0 Å². The zero-order valence-electron chi connectivity index (χ0n) is 10.8. The number of halogens is 2. The van der Waals surface area contributed by atoms with Gasteiger partial charge in [-0.2, -0.15) is 0 Å². The van der Waals surface area contributed by atoms with Crippen LogP contribution in [0.25, 0.3) is 0 Å². The van der Waals surface area contributed by atoms with Crippen LogP contribution in [0.2, 0.25) is 10.0 Å². The summed E-state index contributed by atoms with van der Waals surface area (Å²) in [6.45, 7) is 0. The van der Waals surface area contributed by atoms with E-state index in [-0.39, 0.29) is 0 Å². The molecule has 2 aromatic rings. The molecule has 1 N–H and O–H groups in total. The van der Waals surface area contributed by atoms with Crippen LogP contribution in [-0.4, -0.2) is 13.1 Å². The van der Waals surface area contributed by atoms with Gasteiger partial charge < -0.3 is 9.73 Å². The van der Waals surface area contributed by atoms with Crippen molar-refractivity contribution >= 4 is 23.2 Å². The Bertz CT molecular complexity index is 511. The molecule has 2 rings (SSSR count). The van der Waals surface area contributed by atoms with Crippen molar-refractivity contribution in [3.8, 4) is 0 Å². The summed E-state index contributed by atoms with van der Waals surface area (Å²) in [6.07, 6.45) is 4.58. The highest BCUT2D eigenvalue weighted by molar-refractivity contribution is 6.42. The Morgan fingerprint density at radius 3 is 2.68 bits per heavy atom. The first-order valence-electron chi connectivity index (χ1n) is 6.32. The third-order valence-electron chi connectivity index (χ3n) is 3.19. The molecule has 0 aliphatic heterocycles. The highest BCUT2D eigenvalue weighted by atomic mass is 35.5. The number of rotatable bonds is 6. The molecular weight excluding hydrogens is 281 g/mol. The molecule has 1 unspecified atom stereocenters. The van der Waals surface area contributed by atoms with Crippen LogP contribution < -0.4 is 5.32 Å². The van der Waals surface area contributed by atoms with Gasteiger partial charge in [-0.1, -0.05) is 29.3 Å². The molecule has 1 atom stereocenters. The van der Waals surface area contributed by atoms with Crippen molar-refractivity contribution in [2.75, 3.05) is 7.05 Å². The SMILES string of the molecule is CNC(CCc1ccco1)Cc1ccc(Cl)c(Cl)c1. The standard InChI is InChI=1S/C15H17Cl2NO/c1-18-12(5-6-13-3-2-8-19-13)9-11-4-7-14(16)15(17)10-11/h2-4,7-8,10,12,18H,5-6,9H2,1H3. The maximum Gasteiger partial charge on any atom is 0.103 e. The number of nitrogens with one attached hydrogen (secondary N) is 1. The second-order valence-corrected chi connectivity index (χ2v) is 5.37. The number of aryl methyl sites for hydroxylation is 1. The zero-order chi connectivity index (χ0) is 13.7. The van der Waals surface area contributed by atoms with Crippen molar-refractivity contribution in [2.45, 2.75) is 25.3 Å². The van der Waals surface area contributed by atoms with Crippen LogP contribution in [-0.2, 0) is 12.8 Å². The number of hydrogen-bond donors (Lipinski definition) is 1. The molecule has 102 valence electrons. The van der Waals surface area contributed by atoms with Gasteiger partial charge in [-0.05, 0) is 49.7 Å². The number of furan rings is 1. The molecule has 1 aromatic carbocycles. The molecule has 19 heavy (non-hydrogen) atoms. The van der Waals surface area contributed by atoms with E-state index in [2.05, 4.69) is 5.32 Å². The van der Waals surface area contributed by atoms with Crippen molar-refractivity contribution in [1.82, 2.24) is 5.32 Å². The molecule has 0 spiro atoms. The minimum atomic E-state index is 0.391. The molecule has 1 aromatic heterocycles. The highest BCUT2D eigenvalue weighted by Crippen LogP contribution is 2.23. The number of likely N-dealkylation sites (N-methyl/N-ethyl adjacent to an activating group) is 1. The van der Waals surface area contributed by atoms with E-state index in [1.807, 2.05) is 37.4 Å². The van der Waals surface area contributed by atoms with Gasteiger partial charge in [-0.25, -0.2) is 0 Å². The molecule has 0 saturated heterocycles. The van der Waals surface area contributed by atoms with Gasteiger partial charge in [0.2, 0.25) is 0 Å².